The van der Waals surface area contributed by atoms with Gasteiger partial charge in [-0.05, 0) is 31.1 Å². The maximum atomic E-state index is 5.87. The van der Waals surface area contributed by atoms with Gasteiger partial charge in [0.25, 0.3) is 0 Å². The summed E-state index contributed by atoms with van der Waals surface area (Å²) in [5, 5.41) is 3.32. The average molecular weight is 261 g/mol. The highest BCUT2D eigenvalue weighted by Gasteiger charge is 2.42. The molecule has 2 heterocycles. The number of hydrogen-bond acceptors (Lipinski definition) is 4. The highest BCUT2D eigenvalue weighted by Crippen LogP contribution is 2.46. The quantitative estimate of drug-likeness (QED) is 0.888. The number of hydrogen-bond donors (Lipinski definition) is 1. The fourth-order valence-corrected chi connectivity index (χ4v) is 3.13. The molecule has 0 radical (unpaired) electrons. The highest BCUT2D eigenvalue weighted by atomic mass is 16.5. The minimum atomic E-state index is -0.271. The van der Waals surface area contributed by atoms with Crippen LogP contribution in [-0.4, -0.2) is 17.1 Å². The van der Waals surface area contributed by atoms with E-state index in [1.807, 2.05) is 6.20 Å². The Labute approximate surface area is 115 Å². The summed E-state index contributed by atoms with van der Waals surface area (Å²) < 4.78 is 5.87. The van der Waals surface area contributed by atoms with Crippen molar-refractivity contribution in [3.8, 4) is 0 Å². The smallest absolute Gasteiger partial charge is 0.160 e. The Morgan fingerprint density at radius 2 is 1.89 bits per heavy atom. The van der Waals surface area contributed by atoms with Crippen molar-refractivity contribution < 1.29 is 4.74 Å². The third-order valence-electron chi connectivity index (χ3n) is 4.77. The Morgan fingerprint density at radius 1 is 1.16 bits per heavy atom. The van der Waals surface area contributed by atoms with Crippen LogP contribution in [0, 0.1) is 5.41 Å². The minimum absolute atomic E-state index is 0.271. The van der Waals surface area contributed by atoms with E-state index in [1.54, 1.807) is 7.11 Å². The highest BCUT2D eigenvalue weighted by molar-refractivity contribution is 5.23. The Morgan fingerprint density at radius 3 is 2.58 bits per heavy atom. The van der Waals surface area contributed by atoms with E-state index in [-0.39, 0.29) is 5.60 Å². The molecule has 0 bridgehead atoms. The maximum Gasteiger partial charge on any atom is 0.160 e. The molecule has 0 unspecified atom stereocenters. The van der Waals surface area contributed by atoms with Gasteiger partial charge < -0.3 is 10.1 Å². The summed E-state index contributed by atoms with van der Waals surface area (Å²) in [7, 11) is 1.80. The second kappa shape index (κ2) is 4.53. The molecule has 1 fully saturated rings. The van der Waals surface area contributed by atoms with Gasteiger partial charge >= 0.3 is 0 Å². The van der Waals surface area contributed by atoms with Gasteiger partial charge in [-0.1, -0.05) is 13.8 Å². The molecular formula is C15H23N3O. The molecule has 4 heteroatoms. The standard InChI is InChI=1S/C15H23N3O/c1-14(2)4-6-15(19-3,7-5-14)13-17-9-11-8-16-10-12(11)18-13/h9,16H,4-8,10H2,1-3H3. The second-order valence-corrected chi connectivity index (χ2v) is 6.63. The number of rotatable bonds is 2. The predicted octanol–water partition coefficient (Wildman–Crippen LogP) is 2.52. The Hall–Kier alpha value is -1.00. The number of nitrogens with one attached hydrogen (secondary N) is 1. The third kappa shape index (κ3) is 2.28. The first-order chi connectivity index (χ1) is 9.05. The topological polar surface area (TPSA) is 47.0 Å². The normalized spacial score (nSPS) is 24.2. The summed E-state index contributed by atoms with van der Waals surface area (Å²) in [4.78, 5) is 9.36. The van der Waals surface area contributed by atoms with Crippen LogP contribution in [0.5, 0.6) is 0 Å². The van der Waals surface area contributed by atoms with Crippen molar-refractivity contribution in [1.82, 2.24) is 15.3 Å². The van der Waals surface area contributed by atoms with Gasteiger partial charge in [-0.15, -0.1) is 0 Å². The lowest BCUT2D eigenvalue weighted by Gasteiger charge is -2.41. The van der Waals surface area contributed by atoms with Crippen LogP contribution >= 0.6 is 0 Å². The zero-order valence-electron chi connectivity index (χ0n) is 12.1. The van der Waals surface area contributed by atoms with E-state index in [0.717, 1.165) is 37.4 Å². The summed E-state index contributed by atoms with van der Waals surface area (Å²) in [5.74, 6) is 0.882. The van der Waals surface area contributed by atoms with E-state index < -0.39 is 0 Å². The van der Waals surface area contributed by atoms with Crippen LogP contribution in [0.4, 0.5) is 0 Å². The molecule has 0 amide bonds. The van der Waals surface area contributed by atoms with Gasteiger partial charge in [0, 0.05) is 32.0 Å². The van der Waals surface area contributed by atoms with Gasteiger partial charge in [0.15, 0.2) is 5.82 Å². The van der Waals surface area contributed by atoms with Crippen molar-refractivity contribution in [2.75, 3.05) is 7.11 Å². The molecule has 4 nitrogen and oxygen atoms in total. The number of aromatic nitrogens is 2. The van der Waals surface area contributed by atoms with Gasteiger partial charge in [-0.3, -0.25) is 0 Å². The predicted molar refractivity (Wildman–Crippen MR) is 73.5 cm³/mol. The SMILES string of the molecule is COC1(c2ncc3c(n2)CNC3)CCC(C)(C)CC1. The van der Waals surface area contributed by atoms with E-state index in [1.165, 1.54) is 18.4 Å². The summed E-state index contributed by atoms with van der Waals surface area (Å²) >= 11 is 0. The van der Waals surface area contributed by atoms with Crippen molar-refractivity contribution in [3.63, 3.8) is 0 Å². The number of methoxy groups -OCH3 is 1. The van der Waals surface area contributed by atoms with Crippen molar-refractivity contribution in [1.29, 1.82) is 0 Å². The van der Waals surface area contributed by atoms with E-state index in [0.29, 0.717) is 5.41 Å². The van der Waals surface area contributed by atoms with Gasteiger partial charge in [-0.25, -0.2) is 9.97 Å². The summed E-state index contributed by atoms with van der Waals surface area (Å²) in [6.45, 7) is 6.42. The molecule has 0 aromatic carbocycles. The molecule has 1 aromatic heterocycles. The Balaban J connectivity index is 1.90. The Kier molecular flexibility index (Phi) is 3.10. The minimum Gasteiger partial charge on any atom is -0.370 e. The monoisotopic (exact) mass is 261 g/mol. The van der Waals surface area contributed by atoms with Crippen LogP contribution in [0.3, 0.4) is 0 Å². The summed E-state index contributed by atoms with van der Waals surface area (Å²) in [5.41, 5.74) is 2.52. The lowest BCUT2D eigenvalue weighted by Crippen LogP contribution is -2.38. The summed E-state index contributed by atoms with van der Waals surface area (Å²) in [6.07, 6.45) is 6.34. The van der Waals surface area contributed by atoms with E-state index in [9.17, 15) is 0 Å². The molecule has 19 heavy (non-hydrogen) atoms. The first-order valence-corrected chi connectivity index (χ1v) is 7.16. The second-order valence-electron chi connectivity index (χ2n) is 6.63. The van der Waals surface area contributed by atoms with Crippen LogP contribution in [0.15, 0.2) is 6.20 Å². The Bertz CT molecular complexity index is 474. The molecule has 1 N–H and O–H groups in total. The maximum absolute atomic E-state index is 5.87. The van der Waals surface area contributed by atoms with Crippen LogP contribution in [0.1, 0.15) is 56.6 Å². The number of fused-ring (bicyclic) bond motifs is 1. The third-order valence-corrected chi connectivity index (χ3v) is 4.77. The molecule has 1 saturated carbocycles. The number of nitrogens with zero attached hydrogens (tertiary/aromatic N) is 2. The molecule has 1 aliphatic heterocycles. The van der Waals surface area contributed by atoms with Crippen molar-refractivity contribution in [2.24, 2.45) is 5.41 Å². The summed E-state index contributed by atoms with van der Waals surface area (Å²) in [6, 6.07) is 0. The van der Waals surface area contributed by atoms with Gasteiger partial charge in [-0.2, -0.15) is 0 Å². The van der Waals surface area contributed by atoms with Crippen molar-refractivity contribution in [2.45, 2.75) is 58.2 Å². The largest absolute Gasteiger partial charge is 0.370 e. The first-order valence-electron chi connectivity index (χ1n) is 7.16. The van der Waals surface area contributed by atoms with Crippen molar-refractivity contribution in [3.05, 3.63) is 23.3 Å². The molecule has 0 saturated heterocycles. The van der Waals surface area contributed by atoms with E-state index in [2.05, 4.69) is 24.1 Å². The molecule has 2 aliphatic rings. The van der Waals surface area contributed by atoms with Crippen LogP contribution in [0.2, 0.25) is 0 Å². The van der Waals surface area contributed by atoms with Gasteiger partial charge in [0.2, 0.25) is 0 Å². The lowest BCUT2D eigenvalue weighted by atomic mass is 9.70. The fourth-order valence-electron chi connectivity index (χ4n) is 3.13. The van der Waals surface area contributed by atoms with Crippen molar-refractivity contribution >= 4 is 0 Å². The lowest BCUT2D eigenvalue weighted by molar-refractivity contribution is -0.0730. The van der Waals surface area contributed by atoms with E-state index in [4.69, 9.17) is 9.72 Å². The van der Waals surface area contributed by atoms with Crippen LogP contribution < -0.4 is 5.32 Å². The van der Waals surface area contributed by atoms with Gasteiger partial charge in [0.1, 0.15) is 5.60 Å². The molecule has 3 rings (SSSR count). The molecular weight excluding hydrogens is 238 g/mol. The number of ether oxygens (including phenoxy) is 1. The average Bonchev–Trinajstić information content (AvgIpc) is 2.87. The zero-order valence-corrected chi connectivity index (χ0v) is 12.1. The molecule has 1 aliphatic carbocycles. The van der Waals surface area contributed by atoms with E-state index >= 15 is 0 Å². The molecule has 104 valence electrons. The molecule has 0 atom stereocenters. The van der Waals surface area contributed by atoms with Crippen LogP contribution in [0.25, 0.3) is 0 Å². The first kappa shape index (κ1) is 13.0. The van der Waals surface area contributed by atoms with Gasteiger partial charge in [0.05, 0.1) is 5.69 Å². The fraction of sp³-hybridized carbons (Fsp3) is 0.733. The zero-order chi connectivity index (χ0) is 13.5. The van der Waals surface area contributed by atoms with Crippen LogP contribution in [-0.2, 0) is 23.4 Å². The molecule has 0 spiro atoms. The molecule has 1 aromatic rings.